The number of nitrogens with one attached hydrogen (secondary N) is 1. The summed E-state index contributed by atoms with van der Waals surface area (Å²) in [4.78, 5) is 14.1. The molecule has 7 nitrogen and oxygen atoms in total. The molecule has 1 aromatic heterocycles. The monoisotopic (exact) mass is 423 g/mol. The number of allylic oxidation sites excluding steroid dienone is 2. The number of para-hydroxylation sites is 1. The van der Waals surface area contributed by atoms with Crippen LogP contribution in [0.4, 0.5) is 11.5 Å². The van der Waals surface area contributed by atoms with E-state index in [9.17, 15) is 5.11 Å². The number of quaternary nitrogens is 1. The summed E-state index contributed by atoms with van der Waals surface area (Å²) in [5.41, 5.74) is 4.56. The Morgan fingerprint density at radius 2 is 1.84 bits per heavy atom. The Morgan fingerprint density at radius 1 is 1.03 bits per heavy atom. The number of hydrogen-bond acceptors (Lipinski definition) is 6. The molecule has 1 unspecified atom stereocenters. The molecule has 3 aliphatic rings. The molecule has 3 heterocycles. The van der Waals surface area contributed by atoms with Crippen molar-refractivity contribution in [3.63, 3.8) is 0 Å². The van der Waals surface area contributed by atoms with E-state index >= 15 is 0 Å². The van der Waals surface area contributed by atoms with Crippen molar-refractivity contribution in [1.29, 1.82) is 0 Å². The van der Waals surface area contributed by atoms with Crippen LogP contribution in [0.15, 0.2) is 94.4 Å². The summed E-state index contributed by atoms with van der Waals surface area (Å²) < 4.78 is -0.0150. The zero-order valence-electron chi connectivity index (χ0n) is 17.4. The molecule has 1 fully saturated rings. The fraction of sp³-hybridized carbons (Fsp3) is 0.160. The van der Waals surface area contributed by atoms with E-state index in [1.54, 1.807) is 12.4 Å². The first-order valence-corrected chi connectivity index (χ1v) is 10.7. The van der Waals surface area contributed by atoms with Gasteiger partial charge in [-0.05, 0) is 49.2 Å². The van der Waals surface area contributed by atoms with Gasteiger partial charge in [-0.25, -0.2) is 4.98 Å². The van der Waals surface area contributed by atoms with Crippen LogP contribution < -0.4 is 11.2 Å². The molecule has 0 saturated heterocycles. The Balaban J connectivity index is 1.39. The van der Waals surface area contributed by atoms with Crippen molar-refractivity contribution in [3.8, 4) is 0 Å². The van der Waals surface area contributed by atoms with Crippen LogP contribution in [-0.4, -0.2) is 32.8 Å². The predicted molar refractivity (Wildman–Crippen MR) is 126 cm³/mol. The molecule has 7 heteroatoms. The molecule has 2 aliphatic heterocycles. The molecule has 4 N–H and O–H groups in total. The average Bonchev–Trinajstić information content (AvgIpc) is 3.10. The highest BCUT2D eigenvalue weighted by Crippen LogP contribution is 2.42. The molecule has 1 atom stereocenters. The molecule has 158 valence electrons. The van der Waals surface area contributed by atoms with E-state index in [2.05, 4.69) is 16.4 Å². The molecule has 0 spiro atoms. The summed E-state index contributed by atoms with van der Waals surface area (Å²) in [6.07, 6.45) is 6.50. The van der Waals surface area contributed by atoms with Gasteiger partial charge in [-0.2, -0.15) is 10.8 Å². The van der Waals surface area contributed by atoms with E-state index in [1.807, 2.05) is 60.8 Å². The zero-order chi connectivity index (χ0) is 21.7. The highest BCUT2D eigenvalue weighted by atomic mass is 16.3. The van der Waals surface area contributed by atoms with Gasteiger partial charge in [0.1, 0.15) is 17.7 Å². The zero-order valence-corrected chi connectivity index (χ0v) is 17.4. The van der Waals surface area contributed by atoms with Gasteiger partial charge in [-0.1, -0.05) is 24.3 Å². The lowest BCUT2D eigenvalue weighted by atomic mass is 9.79. The number of nitrogens with two attached hydrogens (primary N) is 1. The lowest BCUT2D eigenvalue weighted by molar-refractivity contribution is -0.750. The molecule has 0 radical (unpaired) electrons. The van der Waals surface area contributed by atoms with Crippen molar-refractivity contribution in [3.05, 3.63) is 90.0 Å². The van der Waals surface area contributed by atoms with E-state index in [0.29, 0.717) is 12.8 Å². The van der Waals surface area contributed by atoms with Gasteiger partial charge >= 0.3 is 0 Å². The lowest BCUT2D eigenvalue weighted by Gasteiger charge is -2.31. The normalized spacial score (nSPS) is 26.1. The number of hydrogen-bond donors (Lipinski definition) is 3. The minimum atomic E-state index is -0.261. The van der Waals surface area contributed by atoms with Crippen molar-refractivity contribution in [1.82, 2.24) is 4.98 Å². The number of rotatable bonds is 4. The molecule has 0 amide bonds. The fourth-order valence-electron chi connectivity index (χ4n) is 4.51. The number of aliphatic hydroxyl groups is 1. The molecule has 0 bridgehead atoms. The average molecular weight is 424 g/mol. The van der Waals surface area contributed by atoms with Crippen molar-refractivity contribution in [2.24, 2.45) is 21.7 Å². The first kappa shape index (κ1) is 19.1. The second kappa shape index (κ2) is 7.20. The number of aliphatic imine (C=N–C) groups is 2. The van der Waals surface area contributed by atoms with E-state index < -0.39 is 0 Å². The Hall–Kier alpha value is -3.65. The SMILES string of the molecule is N[N+]12C=CN=CC1=C(C1CC(O)C1)N=C2c1ccc2ccc(Nc3ccccc3)nc2c1. The second-order valence-corrected chi connectivity index (χ2v) is 8.48. The summed E-state index contributed by atoms with van der Waals surface area (Å²) >= 11 is 0. The summed E-state index contributed by atoms with van der Waals surface area (Å²) in [7, 11) is 0. The van der Waals surface area contributed by atoms with Crippen molar-refractivity contribution < 1.29 is 9.70 Å². The number of aromatic nitrogens is 1. The molecule has 2 aromatic carbocycles. The molecule has 3 aromatic rings. The lowest BCUT2D eigenvalue weighted by Crippen LogP contribution is -2.53. The smallest absolute Gasteiger partial charge is 0.264 e. The van der Waals surface area contributed by atoms with Crippen LogP contribution in [0.3, 0.4) is 0 Å². The fourth-order valence-corrected chi connectivity index (χ4v) is 4.51. The van der Waals surface area contributed by atoms with E-state index in [-0.39, 0.29) is 16.6 Å². The van der Waals surface area contributed by atoms with Crippen LogP contribution in [0.2, 0.25) is 0 Å². The number of fused-ring (bicyclic) bond motifs is 2. The number of amidine groups is 1. The van der Waals surface area contributed by atoms with Crippen LogP contribution in [0.25, 0.3) is 10.9 Å². The minimum absolute atomic E-state index is 0.0150. The van der Waals surface area contributed by atoms with Gasteiger partial charge in [0.05, 0.1) is 29.6 Å². The highest BCUT2D eigenvalue weighted by molar-refractivity contribution is 6.02. The molecule has 32 heavy (non-hydrogen) atoms. The van der Waals surface area contributed by atoms with Gasteiger partial charge in [-0.15, -0.1) is 4.59 Å². The van der Waals surface area contributed by atoms with Gasteiger partial charge in [0.25, 0.3) is 5.84 Å². The van der Waals surface area contributed by atoms with Crippen LogP contribution in [0, 0.1) is 5.92 Å². The van der Waals surface area contributed by atoms with Crippen LogP contribution in [0.1, 0.15) is 18.4 Å². The van der Waals surface area contributed by atoms with Crippen LogP contribution in [0.5, 0.6) is 0 Å². The third-order valence-corrected chi connectivity index (χ3v) is 6.32. The maximum atomic E-state index is 9.80. The van der Waals surface area contributed by atoms with E-state index in [0.717, 1.165) is 45.2 Å². The number of aliphatic hydroxyl groups excluding tert-OH is 1. The Kier molecular flexibility index (Phi) is 4.29. The molecule has 1 saturated carbocycles. The maximum Gasteiger partial charge on any atom is 0.264 e. The minimum Gasteiger partial charge on any atom is -0.393 e. The van der Waals surface area contributed by atoms with Gasteiger partial charge in [0.15, 0.2) is 0 Å². The predicted octanol–water partition coefficient (Wildman–Crippen LogP) is 3.97. The number of nitrogens with zero attached hydrogens (tertiary/aromatic N) is 4. The van der Waals surface area contributed by atoms with Crippen molar-refractivity contribution in [2.75, 3.05) is 5.32 Å². The third kappa shape index (κ3) is 3.06. The highest BCUT2D eigenvalue weighted by Gasteiger charge is 2.47. The third-order valence-electron chi connectivity index (χ3n) is 6.32. The second-order valence-electron chi connectivity index (χ2n) is 8.48. The first-order chi connectivity index (χ1) is 15.6. The Morgan fingerprint density at radius 3 is 2.66 bits per heavy atom. The maximum absolute atomic E-state index is 9.80. The Bertz CT molecular complexity index is 1340. The van der Waals surface area contributed by atoms with E-state index in [1.165, 1.54) is 0 Å². The van der Waals surface area contributed by atoms with Gasteiger partial charge < -0.3 is 10.4 Å². The van der Waals surface area contributed by atoms with Gasteiger partial charge in [0.2, 0.25) is 5.70 Å². The molecular formula is C25H23N6O+. The van der Waals surface area contributed by atoms with Crippen molar-refractivity contribution >= 4 is 34.5 Å². The van der Waals surface area contributed by atoms with E-state index in [4.69, 9.17) is 15.8 Å². The Labute approximate surface area is 185 Å². The quantitative estimate of drug-likeness (QED) is 0.437. The molecular weight excluding hydrogens is 400 g/mol. The molecule has 1 aliphatic carbocycles. The standard InChI is InChI=1S/C25H23N6O/c26-31-11-10-27-15-22(31)24(18-12-20(32)13-18)30-25(31)17-7-6-16-8-9-23(29-21(16)14-17)28-19-4-2-1-3-5-19/h1-11,14-15,18,20,32H,12-13,26H2,(H,28,29)/q+1. The molecule has 6 rings (SSSR count). The topological polar surface area (TPSA) is 95.9 Å². The number of pyridine rings is 1. The van der Waals surface area contributed by atoms with Gasteiger partial charge in [0, 0.05) is 17.0 Å². The van der Waals surface area contributed by atoms with Crippen LogP contribution >= 0.6 is 0 Å². The summed E-state index contributed by atoms with van der Waals surface area (Å²) in [5.74, 6) is 8.56. The largest absolute Gasteiger partial charge is 0.393 e. The summed E-state index contributed by atoms with van der Waals surface area (Å²) in [5, 5.41) is 14.2. The first-order valence-electron chi connectivity index (χ1n) is 10.7. The van der Waals surface area contributed by atoms with Crippen molar-refractivity contribution in [2.45, 2.75) is 18.9 Å². The number of anilines is 2. The summed E-state index contributed by atoms with van der Waals surface area (Å²) in [6.45, 7) is 0. The van der Waals surface area contributed by atoms with Gasteiger partial charge in [-0.3, -0.25) is 4.99 Å². The number of benzene rings is 2. The summed E-state index contributed by atoms with van der Waals surface area (Å²) in [6, 6.07) is 20.1. The van der Waals surface area contributed by atoms with Crippen LogP contribution in [-0.2, 0) is 0 Å².